The van der Waals surface area contributed by atoms with Crippen molar-refractivity contribution < 1.29 is 13.9 Å². The van der Waals surface area contributed by atoms with E-state index >= 15 is 0 Å². The number of benzene rings is 1. The Bertz CT molecular complexity index is 511. The van der Waals surface area contributed by atoms with Crippen LogP contribution >= 0.6 is 11.6 Å². The summed E-state index contributed by atoms with van der Waals surface area (Å²) in [4.78, 5) is 4.76. The van der Waals surface area contributed by atoms with Gasteiger partial charge in [0.05, 0.1) is 19.3 Å². The van der Waals surface area contributed by atoms with Crippen LogP contribution in [0.4, 0.5) is 4.39 Å². The zero-order chi connectivity index (χ0) is 16.1. The summed E-state index contributed by atoms with van der Waals surface area (Å²) in [5.74, 6) is -0.289. The highest BCUT2D eigenvalue weighted by atomic mass is 35.5. The Balaban J connectivity index is 1.58. The molecule has 0 bridgehead atoms. The average molecular weight is 343 g/mol. The molecule has 0 aliphatic carbocycles. The Hall–Kier alpha value is -0.720. The third-order valence-electron chi connectivity index (χ3n) is 4.41. The Labute approximate surface area is 142 Å². The monoisotopic (exact) mass is 342 g/mol. The second-order valence-electron chi connectivity index (χ2n) is 6.23. The molecule has 2 fully saturated rings. The van der Waals surface area contributed by atoms with E-state index in [1.54, 1.807) is 6.07 Å². The van der Waals surface area contributed by atoms with Gasteiger partial charge in [-0.2, -0.15) is 0 Å². The number of nitrogens with zero attached hydrogens (tertiary/aromatic N) is 2. The average Bonchev–Trinajstić information content (AvgIpc) is 2.76. The largest absolute Gasteiger partial charge is 0.379 e. The van der Waals surface area contributed by atoms with Gasteiger partial charge in [-0.05, 0) is 24.1 Å². The molecule has 2 heterocycles. The van der Waals surface area contributed by atoms with Gasteiger partial charge in [0.15, 0.2) is 0 Å². The smallest absolute Gasteiger partial charge is 0.124 e. The van der Waals surface area contributed by atoms with Crippen LogP contribution in [-0.2, 0) is 16.0 Å². The summed E-state index contributed by atoms with van der Waals surface area (Å²) in [5.41, 5.74) is 0.972. The number of halogens is 2. The molecule has 1 atom stereocenters. The standard InChI is InChI=1S/C17H24ClFN2O2/c18-17-10-15(19)3-2-14(17)11-21-4-1-7-23-16(13-21)12-20-5-8-22-9-6-20/h2-3,10,16H,1,4-9,11-13H2. The van der Waals surface area contributed by atoms with Gasteiger partial charge in [0.1, 0.15) is 5.82 Å². The second kappa shape index (κ2) is 8.40. The highest BCUT2D eigenvalue weighted by molar-refractivity contribution is 6.31. The summed E-state index contributed by atoms with van der Waals surface area (Å²) in [6.07, 6.45) is 1.22. The van der Waals surface area contributed by atoms with Gasteiger partial charge in [-0.3, -0.25) is 9.80 Å². The van der Waals surface area contributed by atoms with Gasteiger partial charge >= 0.3 is 0 Å². The van der Waals surface area contributed by atoms with Crippen molar-refractivity contribution in [3.63, 3.8) is 0 Å². The van der Waals surface area contributed by atoms with Crippen LogP contribution in [0.1, 0.15) is 12.0 Å². The van der Waals surface area contributed by atoms with Gasteiger partial charge in [-0.25, -0.2) is 4.39 Å². The molecular weight excluding hydrogens is 319 g/mol. The van der Waals surface area contributed by atoms with Crippen molar-refractivity contribution in [2.75, 3.05) is 52.5 Å². The predicted molar refractivity (Wildman–Crippen MR) is 88.3 cm³/mol. The second-order valence-corrected chi connectivity index (χ2v) is 6.64. The Morgan fingerprint density at radius 1 is 1.13 bits per heavy atom. The summed E-state index contributed by atoms with van der Waals surface area (Å²) < 4.78 is 24.6. The number of hydrogen-bond acceptors (Lipinski definition) is 4. The Morgan fingerprint density at radius 2 is 1.96 bits per heavy atom. The lowest BCUT2D eigenvalue weighted by atomic mass is 10.2. The summed E-state index contributed by atoms with van der Waals surface area (Å²) in [6, 6.07) is 4.64. The Kier molecular flexibility index (Phi) is 6.25. The minimum absolute atomic E-state index is 0.204. The van der Waals surface area contributed by atoms with Crippen molar-refractivity contribution in [3.05, 3.63) is 34.6 Å². The molecule has 0 saturated carbocycles. The number of morpholine rings is 1. The van der Waals surface area contributed by atoms with Crippen molar-refractivity contribution in [2.24, 2.45) is 0 Å². The zero-order valence-electron chi connectivity index (χ0n) is 13.3. The van der Waals surface area contributed by atoms with Gasteiger partial charge in [0, 0.05) is 50.9 Å². The molecule has 2 aliphatic rings. The molecule has 0 amide bonds. The van der Waals surface area contributed by atoms with Gasteiger partial charge in [0.2, 0.25) is 0 Å². The Morgan fingerprint density at radius 3 is 2.74 bits per heavy atom. The lowest BCUT2D eigenvalue weighted by molar-refractivity contribution is -0.0122. The van der Waals surface area contributed by atoms with Crippen LogP contribution in [0.15, 0.2) is 18.2 Å². The first-order chi connectivity index (χ1) is 11.2. The molecule has 3 rings (SSSR count). The highest BCUT2D eigenvalue weighted by Crippen LogP contribution is 2.20. The number of ether oxygens (including phenoxy) is 2. The third kappa shape index (κ3) is 5.13. The van der Waals surface area contributed by atoms with Gasteiger partial charge in [-0.15, -0.1) is 0 Å². The van der Waals surface area contributed by atoms with E-state index in [-0.39, 0.29) is 11.9 Å². The summed E-state index contributed by atoms with van der Waals surface area (Å²) in [7, 11) is 0. The molecule has 2 aliphatic heterocycles. The summed E-state index contributed by atoms with van der Waals surface area (Å²) in [5, 5.41) is 0.500. The molecule has 2 saturated heterocycles. The van der Waals surface area contributed by atoms with Crippen molar-refractivity contribution >= 4 is 11.6 Å². The number of hydrogen-bond donors (Lipinski definition) is 0. The molecule has 0 N–H and O–H groups in total. The van der Waals surface area contributed by atoms with Gasteiger partial charge in [0.25, 0.3) is 0 Å². The molecule has 1 unspecified atom stereocenters. The SMILES string of the molecule is Fc1ccc(CN2CCCOC(CN3CCOCC3)C2)c(Cl)c1. The van der Waals surface area contributed by atoms with E-state index in [0.29, 0.717) is 5.02 Å². The van der Waals surface area contributed by atoms with Crippen LogP contribution < -0.4 is 0 Å². The van der Waals surface area contributed by atoms with Crippen LogP contribution in [0.25, 0.3) is 0 Å². The lowest BCUT2D eigenvalue weighted by Crippen LogP contribution is -2.44. The maximum absolute atomic E-state index is 13.2. The minimum Gasteiger partial charge on any atom is -0.379 e. The fraction of sp³-hybridized carbons (Fsp3) is 0.647. The van der Waals surface area contributed by atoms with Crippen LogP contribution in [0.5, 0.6) is 0 Å². The quantitative estimate of drug-likeness (QED) is 0.839. The van der Waals surface area contributed by atoms with E-state index in [4.69, 9.17) is 21.1 Å². The zero-order valence-corrected chi connectivity index (χ0v) is 14.1. The van der Waals surface area contributed by atoms with E-state index < -0.39 is 0 Å². The van der Waals surface area contributed by atoms with E-state index in [0.717, 1.165) is 71.1 Å². The summed E-state index contributed by atoms with van der Waals surface area (Å²) >= 11 is 6.16. The molecular formula is C17H24ClFN2O2. The number of rotatable bonds is 4. The first-order valence-electron chi connectivity index (χ1n) is 8.29. The van der Waals surface area contributed by atoms with Crippen LogP contribution in [0, 0.1) is 5.82 Å². The first-order valence-corrected chi connectivity index (χ1v) is 8.66. The molecule has 0 aromatic heterocycles. The maximum Gasteiger partial charge on any atom is 0.124 e. The third-order valence-corrected chi connectivity index (χ3v) is 4.76. The fourth-order valence-corrected chi connectivity index (χ4v) is 3.41. The first kappa shape index (κ1) is 17.1. The maximum atomic E-state index is 13.2. The van der Waals surface area contributed by atoms with Crippen LogP contribution in [0.3, 0.4) is 0 Å². The topological polar surface area (TPSA) is 24.9 Å². The van der Waals surface area contributed by atoms with E-state index in [2.05, 4.69) is 9.80 Å². The minimum atomic E-state index is -0.289. The molecule has 4 nitrogen and oxygen atoms in total. The molecule has 128 valence electrons. The van der Waals surface area contributed by atoms with E-state index in [9.17, 15) is 4.39 Å². The molecule has 1 aromatic carbocycles. The van der Waals surface area contributed by atoms with E-state index in [1.165, 1.54) is 12.1 Å². The highest BCUT2D eigenvalue weighted by Gasteiger charge is 2.23. The molecule has 0 spiro atoms. The molecule has 6 heteroatoms. The predicted octanol–water partition coefficient (Wildman–Crippen LogP) is 2.40. The normalized spacial score (nSPS) is 24.5. The van der Waals surface area contributed by atoms with E-state index in [1.807, 2.05) is 0 Å². The summed E-state index contributed by atoms with van der Waals surface area (Å²) in [6.45, 7) is 7.90. The molecule has 0 radical (unpaired) electrons. The molecule has 23 heavy (non-hydrogen) atoms. The van der Waals surface area contributed by atoms with Crippen molar-refractivity contribution in [1.82, 2.24) is 9.80 Å². The fourth-order valence-electron chi connectivity index (χ4n) is 3.19. The molecule has 1 aromatic rings. The van der Waals surface area contributed by atoms with Crippen molar-refractivity contribution in [1.29, 1.82) is 0 Å². The van der Waals surface area contributed by atoms with Gasteiger partial charge in [-0.1, -0.05) is 17.7 Å². The van der Waals surface area contributed by atoms with Gasteiger partial charge < -0.3 is 9.47 Å². The van der Waals surface area contributed by atoms with Crippen LogP contribution in [0.2, 0.25) is 5.02 Å². The van der Waals surface area contributed by atoms with Crippen LogP contribution in [-0.4, -0.2) is 68.4 Å². The lowest BCUT2D eigenvalue weighted by Gasteiger charge is -2.31. The van der Waals surface area contributed by atoms with Crippen molar-refractivity contribution in [2.45, 2.75) is 19.1 Å². The van der Waals surface area contributed by atoms with Crippen molar-refractivity contribution in [3.8, 4) is 0 Å².